The Hall–Kier alpha value is -1.33. The molecule has 1 unspecified atom stereocenters. The largest absolute Gasteiger partial charge is 0.310 e. The highest BCUT2D eigenvalue weighted by Crippen LogP contribution is 2.28. The number of hydrogen-bond acceptors (Lipinski definition) is 2. The molecule has 5 heteroatoms. The van der Waals surface area contributed by atoms with E-state index in [0.717, 1.165) is 5.56 Å². The summed E-state index contributed by atoms with van der Waals surface area (Å²) in [7, 11) is 0. The molecule has 0 aliphatic rings. The standard InChI is InChI=1S/C15H15BrF2N2/c1-2-20-13(9-10-5-7-19-8-6-10)14-12(17)4-3-11(16)15(14)18/h3-8,13,20H,2,9H2,1H3. The minimum atomic E-state index is -0.551. The monoisotopic (exact) mass is 340 g/mol. The molecule has 0 aliphatic carbocycles. The molecule has 1 N–H and O–H groups in total. The number of pyridine rings is 1. The summed E-state index contributed by atoms with van der Waals surface area (Å²) in [5.74, 6) is -1.09. The summed E-state index contributed by atoms with van der Waals surface area (Å²) in [6, 6.07) is 5.93. The van der Waals surface area contributed by atoms with Crippen LogP contribution in [0.4, 0.5) is 8.78 Å². The lowest BCUT2D eigenvalue weighted by molar-refractivity contribution is 0.471. The fourth-order valence-electron chi connectivity index (χ4n) is 2.14. The minimum absolute atomic E-state index is 0.0676. The maximum absolute atomic E-state index is 14.2. The van der Waals surface area contributed by atoms with E-state index in [2.05, 4.69) is 26.2 Å². The molecule has 2 nitrogen and oxygen atoms in total. The Kier molecular flexibility index (Phi) is 5.20. The van der Waals surface area contributed by atoms with E-state index in [1.165, 1.54) is 12.1 Å². The maximum atomic E-state index is 14.2. The van der Waals surface area contributed by atoms with Gasteiger partial charge in [-0.05, 0) is 58.7 Å². The van der Waals surface area contributed by atoms with Gasteiger partial charge in [0.15, 0.2) is 0 Å². The number of likely N-dealkylation sites (N-methyl/N-ethyl adjacent to an activating group) is 1. The first kappa shape index (κ1) is 15.1. The summed E-state index contributed by atoms with van der Waals surface area (Å²) in [4.78, 5) is 3.94. The van der Waals surface area contributed by atoms with Gasteiger partial charge in [0.2, 0.25) is 0 Å². The first-order valence-corrected chi connectivity index (χ1v) is 7.18. The second-order valence-electron chi connectivity index (χ2n) is 4.43. The molecule has 2 rings (SSSR count). The highest BCUT2D eigenvalue weighted by atomic mass is 79.9. The number of nitrogens with zero attached hydrogens (tertiary/aromatic N) is 1. The van der Waals surface area contributed by atoms with Gasteiger partial charge in [0, 0.05) is 24.0 Å². The van der Waals surface area contributed by atoms with Crippen molar-refractivity contribution in [2.24, 2.45) is 0 Å². The lowest BCUT2D eigenvalue weighted by atomic mass is 9.98. The molecule has 1 aromatic heterocycles. The van der Waals surface area contributed by atoms with Crippen LogP contribution >= 0.6 is 15.9 Å². The molecule has 1 aromatic carbocycles. The summed E-state index contributed by atoms with van der Waals surface area (Å²) in [5, 5.41) is 3.14. The van der Waals surface area contributed by atoms with E-state index in [4.69, 9.17) is 0 Å². The Morgan fingerprint density at radius 2 is 1.90 bits per heavy atom. The Morgan fingerprint density at radius 3 is 2.55 bits per heavy atom. The molecule has 20 heavy (non-hydrogen) atoms. The molecule has 1 atom stereocenters. The van der Waals surface area contributed by atoms with Gasteiger partial charge in [-0.15, -0.1) is 0 Å². The van der Waals surface area contributed by atoms with Crippen molar-refractivity contribution in [3.05, 3.63) is 63.9 Å². The zero-order valence-electron chi connectivity index (χ0n) is 11.0. The SMILES string of the molecule is CCNC(Cc1ccncc1)c1c(F)ccc(Br)c1F. The topological polar surface area (TPSA) is 24.9 Å². The normalized spacial score (nSPS) is 12.4. The average Bonchev–Trinajstić information content (AvgIpc) is 2.45. The molecule has 0 saturated heterocycles. The third-order valence-corrected chi connectivity index (χ3v) is 3.68. The van der Waals surface area contributed by atoms with Crippen molar-refractivity contribution in [2.45, 2.75) is 19.4 Å². The van der Waals surface area contributed by atoms with E-state index in [-0.39, 0.29) is 10.0 Å². The minimum Gasteiger partial charge on any atom is -0.310 e. The van der Waals surface area contributed by atoms with Crippen LogP contribution in [-0.2, 0) is 6.42 Å². The van der Waals surface area contributed by atoms with Crippen LogP contribution in [0.25, 0.3) is 0 Å². The third-order valence-electron chi connectivity index (χ3n) is 3.07. The Morgan fingerprint density at radius 1 is 1.20 bits per heavy atom. The van der Waals surface area contributed by atoms with Crippen molar-refractivity contribution in [3.63, 3.8) is 0 Å². The molecule has 0 spiro atoms. The molecule has 0 amide bonds. The van der Waals surface area contributed by atoms with Gasteiger partial charge in [0.05, 0.1) is 4.47 Å². The molecule has 106 valence electrons. The van der Waals surface area contributed by atoms with Gasteiger partial charge in [-0.1, -0.05) is 6.92 Å². The fraction of sp³-hybridized carbons (Fsp3) is 0.267. The van der Waals surface area contributed by atoms with Crippen molar-refractivity contribution in [1.82, 2.24) is 10.3 Å². The smallest absolute Gasteiger partial charge is 0.145 e. The summed E-state index contributed by atoms with van der Waals surface area (Å²) in [6.45, 7) is 2.54. The highest BCUT2D eigenvalue weighted by molar-refractivity contribution is 9.10. The maximum Gasteiger partial charge on any atom is 0.145 e. The molecule has 0 radical (unpaired) electrons. The van der Waals surface area contributed by atoms with Gasteiger partial charge in [-0.3, -0.25) is 4.98 Å². The molecule has 0 aliphatic heterocycles. The lowest BCUT2D eigenvalue weighted by Crippen LogP contribution is -2.25. The molecule has 1 heterocycles. The second-order valence-corrected chi connectivity index (χ2v) is 5.28. The number of hydrogen-bond donors (Lipinski definition) is 1. The first-order chi connectivity index (χ1) is 9.63. The summed E-state index contributed by atoms with van der Waals surface area (Å²) in [6.07, 6.45) is 3.85. The van der Waals surface area contributed by atoms with Gasteiger partial charge >= 0.3 is 0 Å². The molecule has 2 aromatic rings. The van der Waals surface area contributed by atoms with Crippen LogP contribution in [0.3, 0.4) is 0 Å². The number of nitrogens with one attached hydrogen (secondary N) is 1. The van der Waals surface area contributed by atoms with Gasteiger partial charge in [0.1, 0.15) is 11.6 Å². The molecular formula is C15H15BrF2N2. The number of rotatable bonds is 5. The van der Waals surface area contributed by atoms with Crippen molar-refractivity contribution in [3.8, 4) is 0 Å². The lowest BCUT2D eigenvalue weighted by Gasteiger charge is -2.20. The van der Waals surface area contributed by atoms with Crippen LogP contribution in [0.5, 0.6) is 0 Å². The molecule has 0 bridgehead atoms. The van der Waals surface area contributed by atoms with Crippen molar-refractivity contribution >= 4 is 15.9 Å². The number of halogens is 3. The van der Waals surface area contributed by atoms with Crippen LogP contribution < -0.4 is 5.32 Å². The van der Waals surface area contributed by atoms with E-state index in [9.17, 15) is 8.78 Å². The fourth-order valence-corrected chi connectivity index (χ4v) is 2.49. The van der Waals surface area contributed by atoms with Gasteiger partial charge < -0.3 is 5.32 Å². The number of benzene rings is 1. The van der Waals surface area contributed by atoms with Crippen LogP contribution in [-0.4, -0.2) is 11.5 Å². The summed E-state index contributed by atoms with van der Waals surface area (Å²) in [5.41, 5.74) is 1.04. The van der Waals surface area contributed by atoms with Gasteiger partial charge in [-0.2, -0.15) is 0 Å². The van der Waals surface area contributed by atoms with Crippen molar-refractivity contribution in [2.75, 3.05) is 6.54 Å². The van der Waals surface area contributed by atoms with E-state index in [1.807, 2.05) is 19.1 Å². The predicted octanol–water partition coefficient (Wildman–Crippen LogP) is 4.02. The Bertz CT molecular complexity index is 576. The Balaban J connectivity index is 2.36. The zero-order chi connectivity index (χ0) is 14.5. The number of aromatic nitrogens is 1. The summed E-state index contributed by atoms with van der Waals surface area (Å²) >= 11 is 3.11. The quantitative estimate of drug-likeness (QED) is 0.831. The van der Waals surface area contributed by atoms with Crippen LogP contribution in [0.1, 0.15) is 24.1 Å². The van der Waals surface area contributed by atoms with E-state index in [0.29, 0.717) is 13.0 Å². The zero-order valence-corrected chi connectivity index (χ0v) is 12.6. The molecule has 0 saturated carbocycles. The average molecular weight is 341 g/mol. The summed E-state index contributed by atoms with van der Waals surface area (Å²) < 4.78 is 28.5. The first-order valence-electron chi connectivity index (χ1n) is 6.39. The van der Waals surface area contributed by atoms with Gasteiger partial charge in [-0.25, -0.2) is 8.78 Å². The Labute approximate surface area is 125 Å². The van der Waals surface area contributed by atoms with Crippen LogP contribution in [0.2, 0.25) is 0 Å². The highest BCUT2D eigenvalue weighted by Gasteiger charge is 2.21. The third kappa shape index (κ3) is 3.41. The van der Waals surface area contributed by atoms with Crippen molar-refractivity contribution in [1.29, 1.82) is 0 Å². The van der Waals surface area contributed by atoms with E-state index < -0.39 is 17.7 Å². The van der Waals surface area contributed by atoms with Crippen LogP contribution in [0, 0.1) is 11.6 Å². The van der Waals surface area contributed by atoms with E-state index >= 15 is 0 Å². The predicted molar refractivity (Wildman–Crippen MR) is 78.4 cm³/mol. The molecular weight excluding hydrogens is 326 g/mol. The molecule has 0 fully saturated rings. The second kappa shape index (κ2) is 6.90. The van der Waals surface area contributed by atoms with Crippen molar-refractivity contribution < 1.29 is 8.78 Å². The van der Waals surface area contributed by atoms with E-state index in [1.54, 1.807) is 12.4 Å². The van der Waals surface area contributed by atoms with Gasteiger partial charge in [0.25, 0.3) is 0 Å². The van der Waals surface area contributed by atoms with Crippen LogP contribution in [0.15, 0.2) is 41.1 Å².